The minimum absolute atomic E-state index is 0.142. The Bertz CT molecular complexity index is 1100. The zero-order valence-electron chi connectivity index (χ0n) is 15.3. The van der Waals surface area contributed by atoms with Crippen LogP contribution < -0.4 is 5.32 Å². The van der Waals surface area contributed by atoms with Crippen LogP contribution in [-0.2, 0) is 0 Å². The number of aromatic nitrogens is 4. The van der Waals surface area contributed by atoms with Crippen molar-refractivity contribution in [2.75, 3.05) is 5.32 Å². The molecule has 0 saturated heterocycles. The molecule has 0 atom stereocenters. The molecule has 0 spiro atoms. The summed E-state index contributed by atoms with van der Waals surface area (Å²) in [6.07, 6.45) is 3.43. The summed E-state index contributed by atoms with van der Waals surface area (Å²) in [4.78, 5) is 23.1. The molecule has 0 aromatic carbocycles. The fourth-order valence-corrected chi connectivity index (χ4v) is 3.55. The van der Waals surface area contributed by atoms with Crippen LogP contribution in [-0.4, -0.2) is 25.7 Å². The summed E-state index contributed by atoms with van der Waals surface area (Å²) < 4.78 is 1.84. The third-order valence-corrected chi connectivity index (χ3v) is 5.12. The molecular formula is C20H19N5OS. The van der Waals surface area contributed by atoms with Crippen LogP contribution in [0.25, 0.3) is 21.6 Å². The Morgan fingerprint density at radius 1 is 1.22 bits per heavy atom. The summed E-state index contributed by atoms with van der Waals surface area (Å²) in [7, 11) is 0. The van der Waals surface area contributed by atoms with E-state index >= 15 is 0 Å². The average molecular weight is 377 g/mol. The standard InChI is InChI=1S/C20H19N5OS/c1-12(2)25-19-15(11-22-25)14(9-16(23-19)17-5-4-8-27-17)20(26)24-18-7-6-13(3)10-21-18/h4-12H,1-3H3,(H,21,24,26). The Kier molecular flexibility index (Phi) is 4.45. The maximum atomic E-state index is 13.0. The van der Waals surface area contributed by atoms with Crippen molar-refractivity contribution >= 4 is 34.1 Å². The van der Waals surface area contributed by atoms with Crippen molar-refractivity contribution in [2.45, 2.75) is 26.8 Å². The number of nitrogens with one attached hydrogen (secondary N) is 1. The predicted octanol–water partition coefficient (Wildman–Crippen LogP) is 4.70. The molecule has 0 saturated carbocycles. The number of nitrogens with zero attached hydrogens (tertiary/aromatic N) is 4. The predicted molar refractivity (Wildman–Crippen MR) is 108 cm³/mol. The molecule has 4 heterocycles. The van der Waals surface area contributed by atoms with E-state index in [1.807, 2.05) is 55.1 Å². The molecular weight excluding hydrogens is 358 g/mol. The molecule has 0 unspecified atom stereocenters. The van der Waals surface area contributed by atoms with Gasteiger partial charge in [0, 0.05) is 12.2 Å². The first-order chi connectivity index (χ1) is 13.0. The molecule has 4 aromatic rings. The van der Waals surface area contributed by atoms with Crippen molar-refractivity contribution in [1.82, 2.24) is 19.7 Å². The number of amides is 1. The lowest BCUT2D eigenvalue weighted by Gasteiger charge is -2.10. The van der Waals surface area contributed by atoms with Crippen LogP contribution in [0.2, 0.25) is 0 Å². The number of anilines is 1. The molecule has 0 aliphatic rings. The lowest BCUT2D eigenvalue weighted by Crippen LogP contribution is -2.14. The van der Waals surface area contributed by atoms with E-state index in [4.69, 9.17) is 4.98 Å². The monoisotopic (exact) mass is 377 g/mol. The summed E-state index contributed by atoms with van der Waals surface area (Å²) in [6, 6.07) is 9.65. The van der Waals surface area contributed by atoms with Crippen LogP contribution in [0.5, 0.6) is 0 Å². The van der Waals surface area contributed by atoms with Crippen LogP contribution in [0, 0.1) is 6.92 Å². The molecule has 6 nitrogen and oxygen atoms in total. The third-order valence-electron chi connectivity index (χ3n) is 4.23. The molecule has 0 radical (unpaired) electrons. The molecule has 0 fully saturated rings. The lowest BCUT2D eigenvalue weighted by atomic mass is 10.1. The highest BCUT2D eigenvalue weighted by Gasteiger charge is 2.19. The van der Waals surface area contributed by atoms with Gasteiger partial charge in [-0.05, 0) is 49.9 Å². The zero-order chi connectivity index (χ0) is 19.0. The first-order valence-corrected chi connectivity index (χ1v) is 9.57. The van der Waals surface area contributed by atoms with E-state index in [-0.39, 0.29) is 11.9 Å². The summed E-state index contributed by atoms with van der Waals surface area (Å²) in [6.45, 7) is 6.04. The minimum atomic E-state index is -0.222. The maximum absolute atomic E-state index is 13.0. The molecule has 7 heteroatoms. The summed E-state index contributed by atoms with van der Waals surface area (Å²) >= 11 is 1.59. The number of fused-ring (bicyclic) bond motifs is 1. The number of pyridine rings is 2. The van der Waals surface area contributed by atoms with E-state index in [9.17, 15) is 4.79 Å². The highest BCUT2D eigenvalue weighted by Crippen LogP contribution is 2.29. The Morgan fingerprint density at radius 3 is 2.74 bits per heavy atom. The zero-order valence-corrected chi connectivity index (χ0v) is 16.1. The van der Waals surface area contributed by atoms with E-state index in [1.165, 1.54) is 0 Å². The summed E-state index contributed by atoms with van der Waals surface area (Å²) in [5.74, 6) is 0.296. The molecule has 27 heavy (non-hydrogen) atoms. The van der Waals surface area contributed by atoms with Gasteiger partial charge in [0.1, 0.15) is 5.82 Å². The quantitative estimate of drug-likeness (QED) is 0.560. The van der Waals surface area contributed by atoms with Crippen molar-refractivity contribution in [3.05, 3.63) is 59.2 Å². The second kappa shape index (κ2) is 6.92. The Balaban J connectivity index is 1.82. The van der Waals surface area contributed by atoms with Gasteiger partial charge < -0.3 is 5.32 Å². The van der Waals surface area contributed by atoms with Gasteiger partial charge in [0.15, 0.2) is 5.65 Å². The van der Waals surface area contributed by atoms with Crippen molar-refractivity contribution in [3.63, 3.8) is 0 Å². The molecule has 4 rings (SSSR count). The summed E-state index contributed by atoms with van der Waals surface area (Å²) in [5, 5.41) is 10.0. The summed E-state index contributed by atoms with van der Waals surface area (Å²) in [5.41, 5.74) is 3.05. The Labute approximate surface area is 160 Å². The van der Waals surface area contributed by atoms with E-state index in [2.05, 4.69) is 15.4 Å². The molecule has 0 bridgehead atoms. The molecule has 0 aliphatic heterocycles. The molecule has 0 aliphatic carbocycles. The fraction of sp³-hybridized carbons (Fsp3) is 0.200. The van der Waals surface area contributed by atoms with Crippen molar-refractivity contribution < 1.29 is 4.79 Å². The van der Waals surface area contributed by atoms with Gasteiger partial charge in [-0.1, -0.05) is 12.1 Å². The first kappa shape index (κ1) is 17.4. The van der Waals surface area contributed by atoms with E-state index < -0.39 is 0 Å². The molecule has 1 amide bonds. The minimum Gasteiger partial charge on any atom is -0.307 e. The largest absolute Gasteiger partial charge is 0.307 e. The molecule has 1 N–H and O–H groups in total. The highest BCUT2D eigenvalue weighted by atomic mass is 32.1. The number of rotatable bonds is 4. The molecule has 136 valence electrons. The number of carbonyl (C=O) groups is 1. The van der Waals surface area contributed by atoms with E-state index in [1.54, 1.807) is 29.8 Å². The third kappa shape index (κ3) is 3.33. The van der Waals surface area contributed by atoms with Crippen LogP contribution >= 0.6 is 11.3 Å². The fourth-order valence-electron chi connectivity index (χ4n) is 2.86. The lowest BCUT2D eigenvalue weighted by molar-refractivity contribution is 0.102. The number of carbonyl (C=O) groups excluding carboxylic acids is 1. The first-order valence-electron chi connectivity index (χ1n) is 8.69. The van der Waals surface area contributed by atoms with Gasteiger partial charge in [0.2, 0.25) is 0 Å². The van der Waals surface area contributed by atoms with Gasteiger partial charge in [-0.15, -0.1) is 11.3 Å². The van der Waals surface area contributed by atoms with Crippen LogP contribution in [0.3, 0.4) is 0 Å². The maximum Gasteiger partial charge on any atom is 0.257 e. The van der Waals surface area contributed by atoms with Crippen LogP contribution in [0.4, 0.5) is 5.82 Å². The number of hydrogen-bond acceptors (Lipinski definition) is 5. The number of hydrogen-bond donors (Lipinski definition) is 1. The van der Waals surface area contributed by atoms with Crippen LogP contribution in [0.1, 0.15) is 35.8 Å². The van der Waals surface area contributed by atoms with Gasteiger partial charge in [-0.2, -0.15) is 5.10 Å². The Morgan fingerprint density at radius 2 is 2.07 bits per heavy atom. The topological polar surface area (TPSA) is 72.7 Å². The normalized spacial score (nSPS) is 11.3. The number of aryl methyl sites for hydroxylation is 1. The van der Waals surface area contributed by atoms with Crippen molar-refractivity contribution in [3.8, 4) is 10.6 Å². The van der Waals surface area contributed by atoms with Crippen molar-refractivity contribution in [2.24, 2.45) is 0 Å². The van der Waals surface area contributed by atoms with Gasteiger partial charge in [-0.25, -0.2) is 14.6 Å². The SMILES string of the molecule is Cc1ccc(NC(=O)c2cc(-c3cccs3)nc3c2cnn3C(C)C)nc1. The van der Waals surface area contributed by atoms with E-state index in [0.717, 1.165) is 21.5 Å². The van der Waals surface area contributed by atoms with Crippen LogP contribution in [0.15, 0.2) is 48.1 Å². The Hall–Kier alpha value is -3.06. The number of thiophene rings is 1. The molecule has 4 aromatic heterocycles. The second-order valence-electron chi connectivity index (χ2n) is 6.63. The highest BCUT2D eigenvalue weighted by molar-refractivity contribution is 7.13. The van der Waals surface area contributed by atoms with Gasteiger partial charge in [0.05, 0.1) is 27.7 Å². The van der Waals surface area contributed by atoms with Gasteiger partial charge >= 0.3 is 0 Å². The van der Waals surface area contributed by atoms with E-state index in [0.29, 0.717) is 17.0 Å². The second-order valence-corrected chi connectivity index (χ2v) is 7.58. The van der Waals surface area contributed by atoms with Crippen molar-refractivity contribution in [1.29, 1.82) is 0 Å². The van der Waals surface area contributed by atoms with Gasteiger partial charge in [0.25, 0.3) is 5.91 Å². The average Bonchev–Trinajstić information content (AvgIpc) is 3.32. The van der Waals surface area contributed by atoms with Gasteiger partial charge in [-0.3, -0.25) is 4.79 Å². The smallest absolute Gasteiger partial charge is 0.257 e.